The molecule has 0 unspecified atom stereocenters. The van der Waals surface area contributed by atoms with Gasteiger partial charge in [-0.1, -0.05) is 23.9 Å². The van der Waals surface area contributed by atoms with Gasteiger partial charge in [0.05, 0.1) is 17.5 Å². The van der Waals surface area contributed by atoms with E-state index in [1.54, 1.807) is 0 Å². The maximum Gasteiger partial charge on any atom is 0.175 e. The summed E-state index contributed by atoms with van der Waals surface area (Å²) in [5.74, 6) is 0.512. The molecule has 0 fully saturated rings. The highest BCUT2D eigenvalue weighted by atomic mass is 32.2. The number of allylic oxidation sites excluding steroid dienone is 1. The van der Waals surface area contributed by atoms with E-state index >= 15 is 0 Å². The summed E-state index contributed by atoms with van der Waals surface area (Å²) in [5.41, 5.74) is 3.91. The lowest BCUT2D eigenvalue weighted by Gasteiger charge is -2.06. The second kappa shape index (κ2) is 6.46. The van der Waals surface area contributed by atoms with Crippen LogP contribution in [-0.4, -0.2) is 25.5 Å². The minimum atomic E-state index is 0.131. The van der Waals surface area contributed by atoms with Crippen molar-refractivity contribution in [2.24, 2.45) is 0 Å². The zero-order valence-corrected chi connectivity index (χ0v) is 14.1. The van der Waals surface area contributed by atoms with Crippen LogP contribution in [0.3, 0.4) is 0 Å². The highest BCUT2D eigenvalue weighted by molar-refractivity contribution is 7.99. The van der Waals surface area contributed by atoms with Crippen molar-refractivity contribution in [3.05, 3.63) is 66.3 Å². The fourth-order valence-corrected chi connectivity index (χ4v) is 3.58. The molecule has 4 nitrogen and oxygen atoms in total. The quantitative estimate of drug-likeness (QED) is 0.392. The topological polar surface area (TPSA) is 39.3 Å². The molecule has 0 spiro atoms. The Bertz CT molecular complexity index is 876. The van der Waals surface area contributed by atoms with E-state index in [0.29, 0.717) is 5.75 Å². The molecule has 23 heavy (non-hydrogen) atoms. The number of imidazole rings is 1. The van der Waals surface area contributed by atoms with Crippen molar-refractivity contribution >= 4 is 23.1 Å². The average molecular weight is 325 g/mol. The number of aromatic nitrogens is 3. The van der Waals surface area contributed by atoms with Gasteiger partial charge in [0.15, 0.2) is 10.9 Å². The number of Topliss-reactive ketones (excluding diaryl/α,β-unsaturated/α-hetero) is 1. The average Bonchev–Trinajstić information content (AvgIpc) is 3.09. The van der Waals surface area contributed by atoms with Gasteiger partial charge in [-0.15, -0.1) is 6.58 Å². The molecule has 3 aromatic rings. The first-order valence-electron chi connectivity index (χ1n) is 7.47. The molecule has 0 atom stereocenters. The summed E-state index contributed by atoms with van der Waals surface area (Å²) >= 11 is 1.47. The van der Waals surface area contributed by atoms with E-state index in [4.69, 9.17) is 0 Å². The molecule has 0 bridgehead atoms. The molecule has 0 aromatic carbocycles. The highest BCUT2D eigenvalue weighted by Crippen LogP contribution is 2.22. The summed E-state index contributed by atoms with van der Waals surface area (Å²) < 4.78 is 4.11. The number of ketones is 1. The van der Waals surface area contributed by atoms with Crippen LogP contribution in [0.1, 0.15) is 21.7 Å². The van der Waals surface area contributed by atoms with E-state index in [2.05, 4.69) is 16.1 Å². The number of carbonyl (C=O) groups is 1. The Morgan fingerprint density at radius 2 is 2.22 bits per heavy atom. The molecule has 0 amide bonds. The molecule has 0 aliphatic rings. The largest absolute Gasteiger partial charge is 0.345 e. The first-order chi connectivity index (χ1) is 11.1. The summed E-state index contributed by atoms with van der Waals surface area (Å²) in [6.45, 7) is 8.50. The lowest BCUT2D eigenvalue weighted by Crippen LogP contribution is -2.06. The van der Waals surface area contributed by atoms with Gasteiger partial charge in [-0.2, -0.15) is 0 Å². The van der Waals surface area contributed by atoms with Gasteiger partial charge in [0, 0.05) is 29.7 Å². The van der Waals surface area contributed by atoms with Gasteiger partial charge in [-0.05, 0) is 32.0 Å². The zero-order chi connectivity index (χ0) is 16.4. The second-order valence-electron chi connectivity index (χ2n) is 5.43. The van der Waals surface area contributed by atoms with Crippen LogP contribution in [-0.2, 0) is 6.54 Å². The van der Waals surface area contributed by atoms with Crippen LogP contribution in [0.25, 0.3) is 5.52 Å². The van der Waals surface area contributed by atoms with Crippen LogP contribution in [0.15, 0.2) is 54.5 Å². The number of thioether (sulfide) groups is 1. The molecular weight excluding hydrogens is 306 g/mol. The lowest BCUT2D eigenvalue weighted by atomic mass is 10.2. The molecule has 0 aliphatic heterocycles. The van der Waals surface area contributed by atoms with E-state index in [1.165, 1.54) is 11.8 Å². The Hall–Kier alpha value is -2.27. The summed E-state index contributed by atoms with van der Waals surface area (Å²) in [6, 6.07) is 7.90. The summed E-state index contributed by atoms with van der Waals surface area (Å²) in [6.07, 6.45) is 5.63. The first kappa shape index (κ1) is 15.6. The van der Waals surface area contributed by atoms with Crippen molar-refractivity contribution in [2.45, 2.75) is 25.5 Å². The van der Waals surface area contributed by atoms with Gasteiger partial charge in [0.2, 0.25) is 0 Å². The van der Waals surface area contributed by atoms with Gasteiger partial charge in [-0.3, -0.25) is 9.20 Å². The Labute approximate surface area is 139 Å². The van der Waals surface area contributed by atoms with Crippen LogP contribution >= 0.6 is 11.8 Å². The number of hydrogen-bond acceptors (Lipinski definition) is 3. The van der Waals surface area contributed by atoms with Crippen molar-refractivity contribution < 1.29 is 4.79 Å². The maximum atomic E-state index is 12.6. The van der Waals surface area contributed by atoms with Gasteiger partial charge < -0.3 is 4.57 Å². The molecule has 3 rings (SSSR count). The standard InChI is InChI=1S/C18H19N3OS/c1-4-8-20-13(2)10-16(14(20)3)17(22)12-23-18-19-11-15-7-5-6-9-21(15)18/h4-7,9-11H,1,8,12H2,2-3H3. The van der Waals surface area contributed by atoms with Crippen LogP contribution in [0.4, 0.5) is 0 Å². The van der Waals surface area contributed by atoms with Crippen molar-refractivity contribution in [2.75, 3.05) is 5.75 Å². The molecule has 3 aromatic heterocycles. The number of pyridine rings is 1. The molecule has 5 heteroatoms. The normalized spacial score (nSPS) is 11.0. The summed E-state index contributed by atoms with van der Waals surface area (Å²) in [5, 5.41) is 0.842. The third-order valence-corrected chi connectivity index (χ3v) is 4.89. The van der Waals surface area contributed by atoms with E-state index < -0.39 is 0 Å². The molecule has 3 heterocycles. The molecule has 0 radical (unpaired) electrons. The predicted molar refractivity (Wildman–Crippen MR) is 94.3 cm³/mol. The molecular formula is C18H19N3OS. The summed E-state index contributed by atoms with van der Waals surface area (Å²) in [7, 11) is 0. The number of fused-ring (bicyclic) bond motifs is 1. The fraction of sp³-hybridized carbons (Fsp3) is 0.222. The smallest absolute Gasteiger partial charge is 0.175 e. The third-order valence-electron chi connectivity index (χ3n) is 3.92. The first-order valence-corrected chi connectivity index (χ1v) is 8.46. The van der Waals surface area contributed by atoms with Crippen LogP contribution in [0, 0.1) is 13.8 Å². The van der Waals surface area contributed by atoms with Crippen LogP contribution < -0.4 is 0 Å². The van der Waals surface area contributed by atoms with E-state index in [-0.39, 0.29) is 5.78 Å². The van der Waals surface area contributed by atoms with Crippen molar-refractivity contribution in [3.8, 4) is 0 Å². The number of nitrogens with zero attached hydrogens (tertiary/aromatic N) is 3. The number of rotatable bonds is 6. The van der Waals surface area contributed by atoms with Gasteiger partial charge in [0.1, 0.15) is 0 Å². The summed E-state index contributed by atoms with van der Waals surface area (Å²) in [4.78, 5) is 17.0. The second-order valence-corrected chi connectivity index (χ2v) is 6.37. The van der Waals surface area contributed by atoms with E-state index in [9.17, 15) is 4.79 Å². The van der Waals surface area contributed by atoms with Crippen LogP contribution in [0.5, 0.6) is 0 Å². The molecule has 0 aliphatic carbocycles. The van der Waals surface area contributed by atoms with E-state index in [0.717, 1.165) is 34.2 Å². The number of aryl methyl sites for hydroxylation is 1. The lowest BCUT2D eigenvalue weighted by molar-refractivity contribution is 0.102. The third kappa shape index (κ3) is 2.97. The molecule has 118 valence electrons. The van der Waals surface area contributed by atoms with Gasteiger partial charge in [-0.25, -0.2) is 4.98 Å². The molecule has 0 saturated carbocycles. The number of hydrogen-bond donors (Lipinski definition) is 0. The molecule has 0 N–H and O–H groups in total. The van der Waals surface area contributed by atoms with Crippen molar-refractivity contribution in [3.63, 3.8) is 0 Å². The Balaban J connectivity index is 1.77. The Kier molecular flexibility index (Phi) is 4.39. The SMILES string of the molecule is C=CCn1c(C)cc(C(=O)CSc2ncc3ccccn23)c1C. The van der Waals surface area contributed by atoms with E-state index in [1.807, 2.05) is 61.0 Å². The van der Waals surface area contributed by atoms with Crippen molar-refractivity contribution in [1.29, 1.82) is 0 Å². The van der Waals surface area contributed by atoms with Gasteiger partial charge >= 0.3 is 0 Å². The minimum absolute atomic E-state index is 0.131. The highest BCUT2D eigenvalue weighted by Gasteiger charge is 2.16. The predicted octanol–water partition coefficient (Wildman–Crippen LogP) is 3.91. The minimum Gasteiger partial charge on any atom is -0.345 e. The zero-order valence-electron chi connectivity index (χ0n) is 13.3. The van der Waals surface area contributed by atoms with Gasteiger partial charge in [0.25, 0.3) is 0 Å². The fourth-order valence-electron chi connectivity index (χ4n) is 2.73. The monoisotopic (exact) mass is 325 g/mol. The van der Waals surface area contributed by atoms with Crippen molar-refractivity contribution in [1.82, 2.24) is 14.0 Å². The molecule has 0 saturated heterocycles. The number of carbonyl (C=O) groups excluding carboxylic acids is 1. The Morgan fingerprint density at radius 1 is 1.39 bits per heavy atom. The maximum absolute atomic E-state index is 12.6. The van der Waals surface area contributed by atoms with Crippen LogP contribution in [0.2, 0.25) is 0 Å². The Morgan fingerprint density at radius 3 is 3.00 bits per heavy atom.